The van der Waals surface area contributed by atoms with Crippen molar-refractivity contribution < 1.29 is 9.90 Å². The Balaban J connectivity index is 1.91. The standard InChI is InChI=1S/C15H17NO2/c1-10(11-5-3-2-4-6-11)16-13-8-7-12(9-13)14(16)15(17)18/h2-8,10,12-14H,9H2,1H3,(H,17,18)/t10-,12-,13-,14-/m0/s1. The molecule has 18 heavy (non-hydrogen) atoms. The van der Waals surface area contributed by atoms with Crippen molar-refractivity contribution in [1.29, 1.82) is 0 Å². The molecular formula is C15H17NO2. The highest BCUT2D eigenvalue weighted by atomic mass is 16.4. The maximum absolute atomic E-state index is 11.5. The Bertz CT molecular complexity index is 483. The van der Waals surface area contributed by atoms with Gasteiger partial charge in [0, 0.05) is 18.0 Å². The zero-order chi connectivity index (χ0) is 12.7. The summed E-state index contributed by atoms with van der Waals surface area (Å²) in [5.74, 6) is -0.520. The molecule has 1 saturated heterocycles. The molecule has 3 rings (SSSR count). The molecule has 3 nitrogen and oxygen atoms in total. The molecule has 0 radical (unpaired) electrons. The molecule has 0 spiro atoms. The minimum atomic E-state index is -0.699. The first-order valence-electron chi connectivity index (χ1n) is 6.42. The van der Waals surface area contributed by atoms with Gasteiger partial charge in [-0.05, 0) is 18.9 Å². The van der Waals surface area contributed by atoms with Gasteiger partial charge in [-0.25, -0.2) is 0 Å². The second-order valence-electron chi connectivity index (χ2n) is 5.17. The predicted molar refractivity (Wildman–Crippen MR) is 69.2 cm³/mol. The number of likely N-dealkylation sites (tertiary alicyclic amines) is 1. The molecule has 2 aliphatic rings. The molecular weight excluding hydrogens is 226 g/mol. The molecule has 1 heterocycles. The zero-order valence-corrected chi connectivity index (χ0v) is 10.4. The van der Waals surface area contributed by atoms with Crippen LogP contribution in [-0.4, -0.2) is 28.1 Å². The molecule has 3 heteroatoms. The molecule has 0 amide bonds. The predicted octanol–water partition coefficient (Wildman–Crippen LogP) is 2.46. The summed E-state index contributed by atoms with van der Waals surface area (Å²) in [6.07, 6.45) is 5.18. The van der Waals surface area contributed by atoms with E-state index >= 15 is 0 Å². The van der Waals surface area contributed by atoms with Crippen LogP contribution in [0.1, 0.15) is 24.9 Å². The van der Waals surface area contributed by atoms with Gasteiger partial charge in [0.25, 0.3) is 0 Å². The second-order valence-corrected chi connectivity index (χ2v) is 5.17. The molecule has 0 saturated carbocycles. The fraction of sp³-hybridized carbons (Fsp3) is 0.400. The van der Waals surface area contributed by atoms with E-state index in [0.717, 1.165) is 6.42 Å². The fourth-order valence-corrected chi connectivity index (χ4v) is 3.33. The lowest BCUT2D eigenvalue weighted by molar-refractivity contribution is -0.144. The summed E-state index contributed by atoms with van der Waals surface area (Å²) in [5, 5.41) is 9.43. The number of carboxylic acid groups (broad SMARTS) is 1. The van der Waals surface area contributed by atoms with Crippen molar-refractivity contribution in [3.63, 3.8) is 0 Å². The first-order valence-corrected chi connectivity index (χ1v) is 6.42. The van der Waals surface area contributed by atoms with Crippen LogP contribution in [-0.2, 0) is 4.79 Å². The van der Waals surface area contributed by atoms with E-state index in [1.807, 2.05) is 18.2 Å². The minimum Gasteiger partial charge on any atom is -0.480 e. The van der Waals surface area contributed by atoms with Crippen molar-refractivity contribution in [3.8, 4) is 0 Å². The van der Waals surface area contributed by atoms with Crippen molar-refractivity contribution in [2.75, 3.05) is 0 Å². The lowest BCUT2D eigenvalue weighted by Gasteiger charge is -2.35. The number of carbonyl (C=O) groups is 1. The quantitative estimate of drug-likeness (QED) is 0.829. The molecule has 2 bridgehead atoms. The third kappa shape index (κ3) is 1.66. The van der Waals surface area contributed by atoms with Crippen LogP contribution in [0.5, 0.6) is 0 Å². The third-order valence-electron chi connectivity index (χ3n) is 4.19. The molecule has 1 N–H and O–H groups in total. The van der Waals surface area contributed by atoms with Crippen LogP contribution in [0.4, 0.5) is 0 Å². The fourth-order valence-electron chi connectivity index (χ4n) is 3.33. The van der Waals surface area contributed by atoms with Crippen LogP contribution < -0.4 is 0 Å². The lowest BCUT2D eigenvalue weighted by Crippen LogP contribution is -2.45. The Hall–Kier alpha value is -1.61. The Kier molecular flexibility index (Phi) is 2.71. The molecule has 1 aromatic rings. The van der Waals surface area contributed by atoms with E-state index < -0.39 is 5.97 Å². The highest BCUT2D eigenvalue weighted by Crippen LogP contribution is 2.42. The van der Waals surface area contributed by atoms with Gasteiger partial charge < -0.3 is 5.11 Å². The van der Waals surface area contributed by atoms with E-state index in [9.17, 15) is 9.90 Å². The van der Waals surface area contributed by atoms with E-state index in [0.29, 0.717) is 0 Å². The van der Waals surface area contributed by atoms with Crippen LogP contribution in [0.3, 0.4) is 0 Å². The molecule has 1 aliphatic heterocycles. The van der Waals surface area contributed by atoms with E-state index in [2.05, 4.69) is 36.1 Å². The summed E-state index contributed by atoms with van der Waals surface area (Å²) in [4.78, 5) is 13.6. The van der Waals surface area contributed by atoms with Crippen LogP contribution in [0.25, 0.3) is 0 Å². The van der Waals surface area contributed by atoms with E-state index in [4.69, 9.17) is 0 Å². The second kappa shape index (κ2) is 4.25. The third-order valence-corrected chi connectivity index (χ3v) is 4.19. The lowest BCUT2D eigenvalue weighted by atomic mass is 9.99. The first-order chi connectivity index (χ1) is 8.68. The average molecular weight is 243 g/mol. The van der Waals surface area contributed by atoms with Gasteiger partial charge in [-0.1, -0.05) is 42.5 Å². The SMILES string of the molecule is C[C@@H](c1ccccc1)N1[C@H](C(=O)O)[C@H]2C=C[C@H]1C2. The van der Waals surface area contributed by atoms with Crippen LogP contribution in [0.15, 0.2) is 42.5 Å². The van der Waals surface area contributed by atoms with Gasteiger partial charge in [0.2, 0.25) is 0 Å². The summed E-state index contributed by atoms with van der Waals surface area (Å²) >= 11 is 0. The average Bonchev–Trinajstić information content (AvgIpc) is 2.99. The van der Waals surface area contributed by atoms with Crippen molar-refractivity contribution in [2.24, 2.45) is 5.92 Å². The molecule has 4 atom stereocenters. The Morgan fingerprint density at radius 1 is 1.33 bits per heavy atom. The molecule has 0 aromatic heterocycles. The Labute approximate surface area is 107 Å². The first kappa shape index (κ1) is 11.5. The molecule has 1 aromatic carbocycles. The van der Waals surface area contributed by atoms with Gasteiger partial charge >= 0.3 is 5.97 Å². The van der Waals surface area contributed by atoms with Gasteiger partial charge in [-0.2, -0.15) is 0 Å². The normalized spacial score (nSPS) is 31.7. The molecule has 0 unspecified atom stereocenters. The number of aliphatic carboxylic acids is 1. The molecule has 94 valence electrons. The monoisotopic (exact) mass is 243 g/mol. The maximum atomic E-state index is 11.5. The highest BCUT2D eigenvalue weighted by molar-refractivity contribution is 5.75. The molecule has 1 aliphatic carbocycles. The van der Waals surface area contributed by atoms with Crippen molar-refractivity contribution in [3.05, 3.63) is 48.0 Å². The van der Waals surface area contributed by atoms with Crippen LogP contribution in [0.2, 0.25) is 0 Å². The maximum Gasteiger partial charge on any atom is 0.321 e. The number of hydrogen-bond acceptors (Lipinski definition) is 2. The van der Waals surface area contributed by atoms with Crippen molar-refractivity contribution in [2.45, 2.75) is 31.5 Å². The largest absolute Gasteiger partial charge is 0.480 e. The van der Waals surface area contributed by atoms with Gasteiger partial charge in [0.15, 0.2) is 0 Å². The van der Waals surface area contributed by atoms with Crippen LogP contribution >= 0.6 is 0 Å². The molecule has 1 fully saturated rings. The Morgan fingerprint density at radius 3 is 2.72 bits per heavy atom. The number of fused-ring (bicyclic) bond motifs is 2. The van der Waals surface area contributed by atoms with Crippen molar-refractivity contribution >= 4 is 5.97 Å². The van der Waals surface area contributed by atoms with Gasteiger partial charge in [0.05, 0.1) is 0 Å². The number of nitrogens with zero attached hydrogens (tertiary/aromatic N) is 1. The summed E-state index contributed by atoms with van der Waals surface area (Å²) in [6.45, 7) is 2.10. The summed E-state index contributed by atoms with van der Waals surface area (Å²) in [6, 6.07) is 10.2. The summed E-state index contributed by atoms with van der Waals surface area (Å²) in [7, 11) is 0. The van der Waals surface area contributed by atoms with Crippen LogP contribution in [0, 0.1) is 5.92 Å². The zero-order valence-electron chi connectivity index (χ0n) is 10.4. The topological polar surface area (TPSA) is 40.5 Å². The smallest absolute Gasteiger partial charge is 0.321 e. The van der Waals surface area contributed by atoms with Gasteiger partial charge in [-0.15, -0.1) is 0 Å². The number of rotatable bonds is 3. The summed E-state index contributed by atoms with van der Waals surface area (Å²) < 4.78 is 0. The number of carboxylic acids is 1. The number of hydrogen-bond donors (Lipinski definition) is 1. The minimum absolute atomic E-state index is 0.146. The highest BCUT2D eigenvalue weighted by Gasteiger charge is 2.48. The summed E-state index contributed by atoms with van der Waals surface area (Å²) in [5.41, 5.74) is 1.18. The Morgan fingerprint density at radius 2 is 2.06 bits per heavy atom. The van der Waals surface area contributed by atoms with Gasteiger partial charge in [-0.3, -0.25) is 9.69 Å². The van der Waals surface area contributed by atoms with Crippen molar-refractivity contribution in [1.82, 2.24) is 4.90 Å². The van der Waals surface area contributed by atoms with E-state index in [-0.39, 0.29) is 24.0 Å². The number of benzene rings is 1. The van der Waals surface area contributed by atoms with E-state index in [1.165, 1.54) is 5.56 Å². The van der Waals surface area contributed by atoms with E-state index in [1.54, 1.807) is 0 Å². The van der Waals surface area contributed by atoms with Gasteiger partial charge in [0.1, 0.15) is 6.04 Å².